The van der Waals surface area contributed by atoms with Gasteiger partial charge in [0.05, 0.1) is 0 Å². The number of hydrogen-bond acceptors (Lipinski definition) is 3. The third-order valence-electron chi connectivity index (χ3n) is 1.06. The lowest BCUT2D eigenvalue weighted by atomic mass is 10.1. The van der Waals surface area contributed by atoms with Gasteiger partial charge in [0, 0.05) is 6.61 Å². The lowest BCUT2D eigenvalue weighted by Gasteiger charge is -2.15. The van der Waals surface area contributed by atoms with E-state index in [2.05, 4.69) is 12.6 Å². The van der Waals surface area contributed by atoms with Crippen LogP contribution in [0.25, 0.3) is 0 Å². The van der Waals surface area contributed by atoms with Crippen LogP contribution < -0.4 is 0 Å². The Balaban J connectivity index is 3.85. The van der Waals surface area contributed by atoms with Crippen molar-refractivity contribution in [3.63, 3.8) is 0 Å². The van der Waals surface area contributed by atoms with Gasteiger partial charge in [-0.05, 0) is 13.3 Å². The number of aliphatic carboxylic acids is 1. The van der Waals surface area contributed by atoms with Gasteiger partial charge in [0.15, 0.2) is 0 Å². The fourth-order valence-corrected chi connectivity index (χ4v) is 0.425. The molecule has 0 saturated carbocycles. The number of hydrogen-bond donors (Lipinski definition) is 3. The lowest BCUT2D eigenvalue weighted by molar-refractivity contribution is -0.139. The molecule has 0 aliphatic rings. The van der Waals surface area contributed by atoms with Gasteiger partial charge >= 0.3 is 5.97 Å². The highest BCUT2D eigenvalue weighted by Crippen LogP contribution is 2.17. The molecule has 2 N–H and O–H groups in total. The Hall–Kier alpha value is -0.220. The Kier molecular flexibility index (Phi) is 3.00. The summed E-state index contributed by atoms with van der Waals surface area (Å²) in [5.41, 5.74) is 0. The van der Waals surface area contributed by atoms with E-state index in [9.17, 15) is 4.79 Å². The molecule has 1 unspecified atom stereocenters. The summed E-state index contributed by atoms with van der Waals surface area (Å²) in [7, 11) is 0. The smallest absolute Gasteiger partial charge is 0.319 e. The van der Waals surface area contributed by atoms with E-state index in [4.69, 9.17) is 10.2 Å². The van der Waals surface area contributed by atoms with E-state index < -0.39 is 10.7 Å². The second kappa shape index (κ2) is 3.08. The van der Waals surface area contributed by atoms with Gasteiger partial charge < -0.3 is 10.2 Å². The second-order valence-electron chi connectivity index (χ2n) is 2.05. The Morgan fingerprint density at radius 2 is 2.22 bits per heavy atom. The van der Waals surface area contributed by atoms with Gasteiger partial charge in [-0.25, -0.2) is 0 Å². The van der Waals surface area contributed by atoms with E-state index >= 15 is 0 Å². The van der Waals surface area contributed by atoms with E-state index in [1.54, 1.807) is 0 Å². The van der Waals surface area contributed by atoms with Crippen molar-refractivity contribution in [1.82, 2.24) is 0 Å². The summed E-state index contributed by atoms with van der Waals surface area (Å²) < 4.78 is -1.09. The first-order chi connectivity index (χ1) is 4.00. The zero-order valence-electron chi connectivity index (χ0n) is 5.16. The molecule has 0 heterocycles. The number of carboxylic acids is 1. The summed E-state index contributed by atoms with van der Waals surface area (Å²) in [5, 5.41) is 16.7. The minimum atomic E-state index is -1.09. The second-order valence-corrected chi connectivity index (χ2v) is 3.04. The number of aliphatic hydroxyl groups is 1. The molecule has 0 aliphatic carbocycles. The average Bonchev–Trinajstić information content (AvgIpc) is 1.65. The molecule has 0 bridgehead atoms. The molecular weight excluding hydrogens is 140 g/mol. The standard InChI is InChI=1S/C5H10O3S/c1-5(9,2-3-6)4(7)8/h6,9H,2-3H2,1H3,(H,7,8). The lowest BCUT2D eigenvalue weighted by Crippen LogP contribution is -2.29. The zero-order valence-corrected chi connectivity index (χ0v) is 6.06. The summed E-state index contributed by atoms with van der Waals surface area (Å²) in [5.74, 6) is -1.00. The molecule has 0 spiro atoms. The first kappa shape index (κ1) is 8.78. The Labute approximate surface area is 59.1 Å². The Morgan fingerprint density at radius 1 is 1.78 bits per heavy atom. The van der Waals surface area contributed by atoms with E-state index in [-0.39, 0.29) is 13.0 Å². The van der Waals surface area contributed by atoms with Gasteiger partial charge in [-0.3, -0.25) is 4.79 Å². The van der Waals surface area contributed by atoms with Crippen molar-refractivity contribution in [3.05, 3.63) is 0 Å². The topological polar surface area (TPSA) is 57.5 Å². The van der Waals surface area contributed by atoms with Crippen LogP contribution in [0.1, 0.15) is 13.3 Å². The highest BCUT2D eigenvalue weighted by atomic mass is 32.1. The maximum absolute atomic E-state index is 10.2. The summed E-state index contributed by atoms with van der Waals surface area (Å²) >= 11 is 3.80. The van der Waals surface area contributed by atoms with Crippen molar-refractivity contribution in [2.45, 2.75) is 18.1 Å². The normalized spacial score (nSPS) is 16.8. The molecule has 0 rings (SSSR count). The molecule has 3 nitrogen and oxygen atoms in total. The van der Waals surface area contributed by atoms with Crippen LogP contribution in [0.2, 0.25) is 0 Å². The molecule has 0 amide bonds. The fourth-order valence-electron chi connectivity index (χ4n) is 0.325. The van der Waals surface area contributed by atoms with Crippen molar-refractivity contribution < 1.29 is 15.0 Å². The van der Waals surface area contributed by atoms with Crippen molar-refractivity contribution in [2.75, 3.05) is 6.61 Å². The largest absolute Gasteiger partial charge is 0.480 e. The van der Waals surface area contributed by atoms with Crippen LogP contribution in [-0.2, 0) is 4.79 Å². The van der Waals surface area contributed by atoms with Crippen LogP contribution >= 0.6 is 12.6 Å². The Morgan fingerprint density at radius 3 is 2.33 bits per heavy atom. The van der Waals surface area contributed by atoms with Crippen LogP contribution in [0.4, 0.5) is 0 Å². The van der Waals surface area contributed by atoms with Crippen LogP contribution in [0.15, 0.2) is 0 Å². The van der Waals surface area contributed by atoms with Gasteiger partial charge in [-0.1, -0.05) is 0 Å². The summed E-state index contributed by atoms with van der Waals surface area (Å²) in [4.78, 5) is 10.2. The number of carboxylic acid groups (broad SMARTS) is 1. The minimum Gasteiger partial charge on any atom is -0.480 e. The molecule has 0 aromatic carbocycles. The predicted molar refractivity (Wildman–Crippen MR) is 36.7 cm³/mol. The SMILES string of the molecule is CC(S)(CCO)C(=O)O. The van der Waals surface area contributed by atoms with Gasteiger partial charge in [0.25, 0.3) is 0 Å². The number of rotatable bonds is 3. The van der Waals surface area contributed by atoms with E-state index in [0.29, 0.717) is 0 Å². The van der Waals surface area contributed by atoms with E-state index in [1.165, 1.54) is 6.92 Å². The molecule has 9 heavy (non-hydrogen) atoms. The molecule has 0 aromatic heterocycles. The first-order valence-electron chi connectivity index (χ1n) is 2.57. The molecule has 0 saturated heterocycles. The summed E-state index contributed by atoms with van der Waals surface area (Å²) in [6.07, 6.45) is 0.172. The zero-order chi connectivity index (χ0) is 7.49. The number of aliphatic hydroxyl groups excluding tert-OH is 1. The Bertz CT molecular complexity index is 111. The highest BCUT2D eigenvalue weighted by molar-refractivity contribution is 7.82. The molecule has 0 aliphatic heterocycles. The monoisotopic (exact) mass is 150 g/mol. The van der Waals surface area contributed by atoms with Crippen LogP contribution in [0.3, 0.4) is 0 Å². The summed E-state index contributed by atoms with van der Waals surface area (Å²) in [6.45, 7) is 1.31. The predicted octanol–water partition coefficient (Wildman–Crippen LogP) is 0.142. The van der Waals surface area contributed by atoms with E-state index in [1.807, 2.05) is 0 Å². The van der Waals surface area contributed by atoms with Crippen molar-refractivity contribution in [3.8, 4) is 0 Å². The van der Waals surface area contributed by atoms with Crippen LogP contribution in [0.5, 0.6) is 0 Å². The van der Waals surface area contributed by atoms with Crippen LogP contribution in [0, 0.1) is 0 Å². The molecule has 0 radical (unpaired) electrons. The van der Waals surface area contributed by atoms with Gasteiger partial charge in [0.2, 0.25) is 0 Å². The summed E-state index contributed by atoms with van der Waals surface area (Å²) in [6, 6.07) is 0. The quantitative estimate of drug-likeness (QED) is 0.502. The molecule has 0 aromatic rings. The number of thiol groups is 1. The average molecular weight is 150 g/mol. The number of carbonyl (C=O) groups is 1. The third-order valence-corrected chi connectivity index (χ3v) is 1.47. The van der Waals surface area contributed by atoms with Crippen LogP contribution in [-0.4, -0.2) is 27.5 Å². The molecule has 54 valence electrons. The van der Waals surface area contributed by atoms with Gasteiger partial charge in [0.1, 0.15) is 4.75 Å². The first-order valence-corrected chi connectivity index (χ1v) is 3.02. The fraction of sp³-hybridized carbons (Fsp3) is 0.800. The van der Waals surface area contributed by atoms with Crippen molar-refractivity contribution >= 4 is 18.6 Å². The maximum Gasteiger partial charge on any atom is 0.319 e. The highest BCUT2D eigenvalue weighted by Gasteiger charge is 2.27. The molecular formula is C5H10O3S. The van der Waals surface area contributed by atoms with Gasteiger partial charge in [-0.15, -0.1) is 0 Å². The maximum atomic E-state index is 10.2. The minimum absolute atomic E-state index is 0.147. The van der Waals surface area contributed by atoms with Gasteiger partial charge in [-0.2, -0.15) is 12.6 Å². The van der Waals surface area contributed by atoms with Crippen molar-refractivity contribution in [2.24, 2.45) is 0 Å². The third kappa shape index (κ3) is 2.72. The molecule has 4 heteroatoms. The van der Waals surface area contributed by atoms with E-state index in [0.717, 1.165) is 0 Å². The molecule has 0 fully saturated rings. The van der Waals surface area contributed by atoms with Crippen molar-refractivity contribution in [1.29, 1.82) is 0 Å². The molecule has 1 atom stereocenters.